The molecular weight excluding hydrogens is 414 g/mol. The summed E-state index contributed by atoms with van der Waals surface area (Å²) in [6.07, 6.45) is 1.96. The Bertz CT molecular complexity index is 798. The molecule has 0 bridgehead atoms. The lowest BCUT2D eigenvalue weighted by molar-refractivity contribution is -0.119. The number of hydrogen-bond acceptors (Lipinski definition) is 4. The van der Waals surface area contributed by atoms with Crippen molar-refractivity contribution in [2.24, 2.45) is 0 Å². The Morgan fingerprint density at radius 1 is 1.04 bits per heavy atom. The number of aryl methyl sites for hydroxylation is 1. The summed E-state index contributed by atoms with van der Waals surface area (Å²) in [6, 6.07) is 13.3. The molecule has 0 spiro atoms. The van der Waals surface area contributed by atoms with Crippen LogP contribution < -0.4 is 10.6 Å². The molecule has 0 fully saturated rings. The molecule has 2 amide bonds. The van der Waals surface area contributed by atoms with Crippen LogP contribution in [0.25, 0.3) is 0 Å². The minimum Gasteiger partial charge on any atom is -0.325 e. The van der Waals surface area contributed by atoms with Crippen LogP contribution in [-0.4, -0.2) is 43.1 Å². The maximum atomic E-state index is 12.2. The summed E-state index contributed by atoms with van der Waals surface area (Å²) in [7, 11) is 1.74. The van der Waals surface area contributed by atoms with E-state index in [0.29, 0.717) is 0 Å². The van der Waals surface area contributed by atoms with Crippen molar-refractivity contribution in [2.45, 2.75) is 11.8 Å². The van der Waals surface area contributed by atoms with E-state index in [-0.39, 0.29) is 24.9 Å². The van der Waals surface area contributed by atoms with Gasteiger partial charge in [-0.1, -0.05) is 28.1 Å². The van der Waals surface area contributed by atoms with Crippen LogP contribution >= 0.6 is 27.7 Å². The fourth-order valence-corrected chi connectivity index (χ4v) is 3.47. The number of para-hydroxylation sites is 1. The van der Waals surface area contributed by atoms with E-state index in [9.17, 15) is 9.59 Å². The first-order valence-electron chi connectivity index (χ1n) is 8.06. The number of nitrogens with one attached hydrogen (secondary N) is 2. The van der Waals surface area contributed by atoms with Crippen LogP contribution in [0.1, 0.15) is 5.56 Å². The number of nitrogens with zero attached hydrogens (tertiary/aromatic N) is 1. The van der Waals surface area contributed by atoms with Crippen molar-refractivity contribution in [1.29, 1.82) is 0 Å². The van der Waals surface area contributed by atoms with Crippen molar-refractivity contribution in [3.05, 3.63) is 52.5 Å². The predicted molar refractivity (Wildman–Crippen MR) is 112 cm³/mol. The Morgan fingerprint density at radius 2 is 1.65 bits per heavy atom. The monoisotopic (exact) mass is 435 g/mol. The van der Waals surface area contributed by atoms with E-state index < -0.39 is 0 Å². The number of carbonyl (C=O) groups is 2. The third-order valence-corrected chi connectivity index (χ3v) is 4.96. The van der Waals surface area contributed by atoms with Gasteiger partial charge in [0.1, 0.15) is 0 Å². The molecule has 5 nitrogen and oxygen atoms in total. The second kappa shape index (κ2) is 9.75. The lowest BCUT2D eigenvalue weighted by Crippen LogP contribution is -2.36. The fraction of sp³-hybridized carbons (Fsp3) is 0.263. The predicted octanol–water partition coefficient (Wildman–Crippen LogP) is 3.99. The molecule has 0 aliphatic rings. The van der Waals surface area contributed by atoms with Crippen molar-refractivity contribution < 1.29 is 9.59 Å². The van der Waals surface area contributed by atoms with Gasteiger partial charge in [0.05, 0.1) is 18.8 Å². The molecule has 2 aromatic rings. The molecule has 0 aliphatic carbocycles. The molecule has 0 aliphatic heterocycles. The number of thioether (sulfide) groups is 1. The zero-order valence-corrected chi connectivity index (χ0v) is 17.4. The maximum absolute atomic E-state index is 12.2. The highest BCUT2D eigenvalue weighted by atomic mass is 79.9. The molecule has 0 saturated heterocycles. The van der Waals surface area contributed by atoms with Crippen molar-refractivity contribution in [3.63, 3.8) is 0 Å². The normalized spacial score (nSPS) is 10.7. The number of carbonyl (C=O) groups excluding carboxylic acids is 2. The van der Waals surface area contributed by atoms with Crippen LogP contribution in [0, 0.1) is 6.92 Å². The van der Waals surface area contributed by atoms with Crippen molar-refractivity contribution in [2.75, 3.05) is 37.0 Å². The third kappa shape index (κ3) is 6.16. The highest BCUT2D eigenvalue weighted by Crippen LogP contribution is 2.24. The molecule has 0 radical (unpaired) electrons. The maximum Gasteiger partial charge on any atom is 0.238 e. The minimum absolute atomic E-state index is 0.132. The molecule has 7 heteroatoms. The lowest BCUT2D eigenvalue weighted by Gasteiger charge is -2.17. The SMILES string of the molecule is CSc1ccccc1NC(=O)CN(C)CC(=O)Nc1ccc(Br)cc1C. The van der Waals surface area contributed by atoms with E-state index >= 15 is 0 Å². The van der Waals surface area contributed by atoms with Gasteiger partial charge in [0.25, 0.3) is 0 Å². The Balaban J connectivity index is 1.86. The molecule has 0 aromatic heterocycles. The van der Waals surface area contributed by atoms with E-state index in [2.05, 4.69) is 26.6 Å². The Labute approximate surface area is 166 Å². The second-order valence-electron chi connectivity index (χ2n) is 5.93. The Morgan fingerprint density at radius 3 is 2.27 bits per heavy atom. The van der Waals surface area contributed by atoms with Gasteiger partial charge < -0.3 is 10.6 Å². The summed E-state index contributed by atoms with van der Waals surface area (Å²) in [5, 5.41) is 5.77. The van der Waals surface area contributed by atoms with Gasteiger partial charge in [-0.25, -0.2) is 0 Å². The zero-order chi connectivity index (χ0) is 19.1. The zero-order valence-electron chi connectivity index (χ0n) is 15.0. The Kier molecular flexibility index (Phi) is 7.68. The number of hydrogen-bond donors (Lipinski definition) is 2. The number of benzene rings is 2. The van der Waals surface area contributed by atoms with Gasteiger partial charge in [-0.2, -0.15) is 0 Å². The average Bonchev–Trinajstić information content (AvgIpc) is 2.57. The molecule has 26 heavy (non-hydrogen) atoms. The summed E-state index contributed by atoms with van der Waals surface area (Å²) in [5.74, 6) is -0.308. The first kappa shape index (κ1) is 20.5. The van der Waals surface area contributed by atoms with Crippen LogP contribution in [0.4, 0.5) is 11.4 Å². The van der Waals surface area contributed by atoms with E-state index in [0.717, 1.165) is 26.3 Å². The van der Waals surface area contributed by atoms with Crippen molar-refractivity contribution >= 4 is 50.9 Å². The quantitative estimate of drug-likeness (QED) is 0.645. The van der Waals surface area contributed by atoms with Gasteiger partial charge >= 0.3 is 0 Å². The molecule has 0 heterocycles. The smallest absolute Gasteiger partial charge is 0.238 e. The molecule has 2 rings (SSSR count). The summed E-state index contributed by atoms with van der Waals surface area (Å²) >= 11 is 4.98. The summed E-state index contributed by atoms with van der Waals surface area (Å²) in [5.41, 5.74) is 2.53. The van der Waals surface area contributed by atoms with Gasteiger partial charge in [-0.05, 0) is 56.1 Å². The second-order valence-corrected chi connectivity index (χ2v) is 7.69. The van der Waals surface area contributed by atoms with E-state index in [1.165, 1.54) is 0 Å². The number of amides is 2. The summed E-state index contributed by atoms with van der Waals surface area (Å²) in [4.78, 5) is 27.1. The lowest BCUT2D eigenvalue weighted by atomic mass is 10.2. The molecule has 0 atom stereocenters. The number of halogens is 1. The van der Waals surface area contributed by atoms with Crippen molar-refractivity contribution in [1.82, 2.24) is 4.90 Å². The summed E-state index contributed by atoms with van der Waals surface area (Å²) in [6.45, 7) is 2.20. The largest absolute Gasteiger partial charge is 0.325 e. The van der Waals surface area contributed by atoms with Crippen molar-refractivity contribution in [3.8, 4) is 0 Å². The van der Waals surface area contributed by atoms with Crippen LogP contribution in [0.3, 0.4) is 0 Å². The third-order valence-electron chi connectivity index (χ3n) is 3.67. The first-order valence-corrected chi connectivity index (χ1v) is 10.1. The first-order chi connectivity index (χ1) is 12.4. The average molecular weight is 436 g/mol. The van der Waals surface area contributed by atoms with E-state index in [1.54, 1.807) is 23.7 Å². The van der Waals surface area contributed by atoms with Gasteiger partial charge in [0, 0.05) is 15.1 Å². The number of likely N-dealkylation sites (N-methyl/N-ethyl adjacent to an activating group) is 1. The molecular formula is C19H22BrN3O2S. The topological polar surface area (TPSA) is 61.4 Å². The molecule has 0 unspecified atom stereocenters. The van der Waals surface area contributed by atoms with Gasteiger partial charge in [0.2, 0.25) is 11.8 Å². The molecule has 2 N–H and O–H groups in total. The summed E-state index contributed by atoms with van der Waals surface area (Å²) < 4.78 is 0.965. The number of rotatable bonds is 7. The van der Waals surface area contributed by atoms with Crippen LogP contribution in [0.2, 0.25) is 0 Å². The molecule has 0 saturated carbocycles. The fourth-order valence-electron chi connectivity index (χ4n) is 2.44. The van der Waals surface area contributed by atoms with Gasteiger partial charge in [0.15, 0.2) is 0 Å². The standard InChI is InChI=1S/C19H22BrN3O2S/c1-13-10-14(20)8-9-15(13)21-18(24)11-23(2)12-19(25)22-16-6-4-5-7-17(16)26-3/h4-10H,11-12H2,1-3H3,(H,21,24)(H,22,25). The van der Waals surface area contributed by atoms with Crippen LogP contribution in [0.15, 0.2) is 51.8 Å². The minimum atomic E-state index is -0.157. The highest BCUT2D eigenvalue weighted by molar-refractivity contribution is 9.10. The Hall–Kier alpha value is -1.83. The number of anilines is 2. The highest BCUT2D eigenvalue weighted by Gasteiger charge is 2.13. The van der Waals surface area contributed by atoms with Crippen LogP contribution in [-0.2, 0) is 9.59 Å². The van der Waals surface area contributed by atoms with Gasteiger partial charge in [-0.15, -0.1) is 11.8 Å². The van der Waals surface area contributed by atoms with E-state index in [1.807, 2.05) is 55.6 Å². The molecule has 2 aromatic carbocycles. The van der Waals surface area contributed by atoms with E-state index in [4.69, 9.17) is 0 Å². The van der Waals surface area contributed by atoms with Gasteiger partial charge in [-0.3, -0.25) is 14.5 Å². The van der Waals surface area contributed by atoms with Crippen LogP contribution in [0.5, 0.6) is 0 Å². The molecule has 138 valence electrons.